The molecule has 3 N–H and O–H groups in total. The highest BCUT2D eigenvalue weighted by Crippen LogP contribution is 2.23. The molecule has 0 spiro atoms. The second-order valence-electron chi connectivity index (χ2n) is 5.55. The molecule has 0 atom stereocenters. The summed E-state index contributed by atoms with van der Waals surface area (Å²) < 4.78 is 44.7. The average molecular weight is 408 g/mol. The van der Waals surface area contributed by atoms with Crippen LogP contribution in [0.5, 0.6) is 5.75 Å². The normalized spacial score (nSPS) is 11.1. The molecule has 0 fully saturated rings. The Morgan fingerprint density at radius 2 is 1.62 bits per heavy atom. The number of esters is 1. The fourth-order valence-electron chi connectivity index (χ4n) is 2.04. The number of benzene rings is 2. The lowest BCUT2D eigenvalue weighted by Gasteiger charge is -2.08. The summed E-state index contributed by atoms with van der Waals surface area (Å²) in [5.74, 6) is -2.42. The van der Waals surface area contributed by atoms with Gasteiger partial charge >= 0.3 is 12.3 Å². The molecule has 2 aromatic carbocycles. The lowest BCUT2D eigenvalue weighted by molar-refractivity contribution is -0.274. The number of nitrogens with one attached hydrogen (secondary N) is 1. The van der Waals surface area contributed by atoms with Crippen LogP contribution < -0.4 is 15.8 Å². The van der Waals surface area contributed by atoms with E-state index < -0.39 is 36.5 Å². The lowest BCUT2D eigenvalue weighted by Crippen LogP contribution is -2.20. The molecule has 2 amide bonds. The number of alkyl halides is 3. The number of hydrogen-bond donors (Lipinski definition) is 2. The zero-order chi connectivity index (χ0) is 21.4. The first kappa shape index (κ1) is 21.5. The van der Waals surface area contributed by atoms with Crippen LogP contribution in [0.1, 0.15) is 15.9 Å². The zero-order valence-electron chi connectivity index (χ0n) is 14.7. The highest BCUT2D eigenvalue weighted by Gasteiger charge is 2.30. The maximum absolute atomic E-state index is 12.1. The summed E-state index contributed by atoms with van der Waals surface area (Å²) in [5.41, 5.74) is 6.19. The molecule has 0 unspecified atom stereocenters. The number of halogens is 3. The van der Waals surface area contributed by atoms with E-state index in [4.69, 9.17) is 10.5 Å². The molecule has 10 heteroatoms. The van der Waals surface area contributed by atoms with Crippen molar-refractivity contribution in [2.45, 2.75) is 6.36 Å². The molecule has 0 aliphatic carbocycles. The third kappa shape index (κ3) is 7.75. The van der Waals surface area contributed by atoms with Gasteiger partial charge in [0.15, 0.2) is 6.61 Å². The van der Waals surface area contributed by atoms with Gasteiger partial charge in [0, 0.05) is 17.3 Å². The Labute approximate surface area is 162 Å². The van der Waals surface area contributed by atoms with E-state index in [0.29, 0.717) is 11.3 Å². The van der Waals surface area contributed by atoms with E-state index in [9.17, 15) is 27.6 Å². The van der Waals surface area contributed by atoms with E-state index in [2.05, 4.69) is 10.1 Å². The minimum absolute atomic E-state index is 0.276. The number of ether oxygens (including phenoxy) is 2. The fourth-order valence-corrected chi connectivity index (χ4v) is 2.04. The minimum atomic E-state index is -4.79. The first-order chi connectivity index (χ1) is 13.6. The number of primary amides is 1. The molecular formula is C19H15F3N2O5. The number of carbonyl (C=O) groups is 3. The van der Waals surface area contributed by atoms with Gasteiger partial charge in [0.1, 0.15) is 5.75 Å². The molecule has 152 valence electrons. The van der Waals surface area contributed by atoms with Gasteiger partial charge in [-0.1, -0.05) is 12.1 Å². The third-order valence-electron chi connectivity index (χ3n) is 3.32. The minimum Gasteiger partial charge on any atom is -0.452 e. The van der Waals surface area contributed by atoms with Crippen molar-refractivity contribution in [2.75, 3.05) is 11.9 Å². The Bertz CT molecular complexity index is 907. The molecule has 0 bridgehead atoms. The second-order valence-corrected chi connectivity index (χ2v) is 5.55. The van der Waals surface area contributed by atoms with Crippen LogP contribution in [0.2, 0.25) is 0 Å². The third-order valence-corrected chi connectivity index (χ3v) is 3.32. The Hall–Kier alpha value is -3.82. The molecule has 29 heavy (non-hydrogen) atoms. The van der Waals surface area contributed by atoms with Crippen LogP contribution in [0.4, 0.5) is 18.9 Å². The highest BCUT2D eigenvalue weighted by molar-refractivity contribution is 5.96. The van der Waals surface area contributed by atoms with Crippen LogP contribution in [0.3, 0.4) is 0 Å². The summed E-state index contributed by atoms with van der Waals surface area (Å²) in [6, 6.07) is 10.6. The zero-order valence-corrected chi connectivity index (χ0v) is 14.7. The van der Waals surface area contributed by atoms with E-state index in [-0.39, 0.29) is 5.56 Å². The van der Waals surface area contributed by atoms with Crippen molar-refractivity contribution in [1.29, 1.82) is 0 Å². The van der Waals surface area contributed by atoms with Crippen LogP contribution >= 0.6 is 0 Å². The Balaban J connectivity index is 1.79. The van der Waals surface area contributed by atoms with Crippen molar-refractivity contribution < 1.29 is 37.0 Å². The van der Waals surface area contributed by atoms with E-state index in [1.165, 1.54) is 42.5 Å². The van der Waals surface area contributed by atoms with Crippen LogP contribution in [-0.4, -0.2) is 30.8 Å². The van der Waals surface area contributed by atoms with Gasteiger partial charge in [-0.05, 0) is 48.0 Å². The van der Waals surface area contributed by atoms with Crippen molar-refractivity contribution in [2.24, 2.45) is 5.73 Å². The molecule has 2 aromatic rings. The molecule has 7 nitrogen and oxygen atoms in total. The second kappa shape index (κ2) is 9.40. The Morgan fingerprint density at radius 1 is 1.00 bits per heavy atom. The number of nitrogens with two attached hydrogens (primary N) is 1. The van der Waals surface area contributed by atoms with E-state index >= 15 is 0 Å². The molecule has 0 radical (unpaired) electrons. The van der Waals surface area contributed by atoms with Gasteiger partial charge in [0.05, 0.1) is 0 Å². The van der Waals surface area contributed by atoms with Gasteiger partial charge in [0.25, 0.3) is 5.91 Å². The van der Waals surface area contributed by atoms with Crippen LogP contribution in [0, 0.1) is 0 Å². The summed E-state index contributed by atoms with van der Waals surface area (Å²) in [5, 5.41) is 2.46. The first-order valence-corrected chi connectivity index (χ1v) is 8.03. The van der Waals surface area contributed by atoms with Crippen molar-refractivity contribution in [3.05, 3.63) is 65.7 Å². The number of carbonyl (C=O) groups excluding carboxylic acids is 3. The monoisotopic (exact) mass is 408 g/mol. The summed E-state index contributed by atoms with van der Waals surface area (Å²) in [6.07, 6.45) is -2.46. The van der Waals surface area contributed by atoms with Crippen molar-refractivity contribution in [1.82, 2.24) is 0 Å². The molecule has 0 heterocycles. The van der Waals surface area contributed by atoms with Crippen molar-refractivity contribution >= 4 is 29.5 Å². The van der Waals surface area contributed by atoms with Gasteiger partial charge in [-0.3, -0.25) is 9.59 Å². The van der Waals surface area contributed by atoms with Crippen LogP contribution in [0.25, 0.3) is 6.08 Å². The topological polar surface area (TPSA) is 108 Å². The average Bonchev–Trinajstić information content (AvgIpc) is 2.65. The van der Waals surface area contributed by atoms with Gasteiger partial charge in [-0.2, -0.15) is 0 Å². The molecule has 0 saturated carbocycles. The Kier molecular flexibility index (Phi) is 6.96. The summed E-state index contributed by atoms with van der Waals surface area (Å²) in [7, 11) is 0. The first-order valence-electron chi connectivity index (χ1n) is 8.03. The van der Waals surface area contributed by atoms with Gasteiger partial charge < -0.3 is 20.5 Å². The predicted molar refractivity (Wildman–Crippen MR) is 96.7 cm³/mol. The predicted octanol–water partition coefficient (Wildman–Crippen LogP) is 2.88. The quantitative estimate of drug-likeness (QED) is 0.541. The van der Waals surface area contributed by atoms with Crippen molar-refractivity contribution in [3.8, 4) is 5.75 Å². The van der Waals surface area contributed by atoms with E-state index in [0.717, 1.165) is 18.2 Å². The molecule has 0 aliphatic rings. The lowest BCUT2D eigenvalue weighted by atomic mass is 10.2. The van der Waals surface area contributed by atoms with Gasteiger partial charge in [-0.25, -0.2) is 4.79 Å². The van der Waals surface area contributed by atoms with E-state index in [1.54, 1.807) is 0 Å². The number of hydrogen-bond acceptors (Lipinski definition) is 5. The smallest absolute Gasteiger partial charge is 0.452 e. The summed E-state index contributed by atoms with van der Waals surface area (Å²) in [4.78, 5) is 34.4. The fraction of sp³-hybridized carbons (Fsp3) is 0.105. The molecular weight excluding hydrogens is 393 g/mol. The maximum atomic E-state index is 12.1. The van der Waals surface area contributed by atoms with Gasteiger partial charge in [0.2, 0.25) is 5.91 Å². The van der Waals surface area contributed by atoms with Crippen LogP contribution in [0.15, 0.2) is 54.6 Å². The molecule has 0 aliphatic heterocycles. The summed E-state index contributed by atoms with van der Waals surface area (Å²) in [6.45, 7) is -0.556. The standard InChI is InChI=1S/C19H15F3N2O5/c20-19(21,22)29-15-8-1-12(2-9-15)3-10-17(26)28-11-16(25)24-14-6-4-13(5-7-14)18(23)27/h1-10H,11H2,(H2,23,27)(H,24,25)/b10-3+. The molecule has 0 aromatic heterocycles. The van der Waals surface area contributed by atoms with Gasteiger partial charge in [-0.15, -0.1) is 13.2 Å². The van der Waals surface area contributed by atoms with Crippen molar-refractivity contribution in [3.63, 3.8) is 0 Å². The maximum Gasteiger partial charge on any atom is 0.573 e. The van der Waals surface area contributed by atoms with E-state index in [1.807, 2.05) is 0 Å². The SMILES string of the molecule is NC(=O)c1ccc(NC(=O)COC(=O)/C=C/c2ccc(OC(F)(F)F)cc2)cc1. The molecule has 0 saturated heterocycles. The molecule has 2 rings (SSSR count). The van der Waals surface area contributed by atoms with Crippen LogP contribution in [-0.2, 0) is 14.3 Å². The summed E-state index contributed by atoms with van der Waals surface area (Å²) >= 11 is 0. The Morgan fingerprint density at radius 3 is 2.17 bits per heavy atom. The number of rotatable bonds is 7. The number of anilines is 1. The highest BCUT2D eigenvalue weighted by atomic mass is 19.4. The largest absolute Gasteiger partial charge is 0.573 e. The number of amides is 2.